The highest BCUT2D eigenvalue weighted by Crippen LogP contribution is 2.35. The molecule has 80 valence electrons. The molecule has 0 saturated carbocycles. The van der Waals surface area contributed by atoms with Crippen molar-refractivity contribution in [1.82, 2.24) is 5.23 Å². The zero-order chi connectivity index (χ0) is 10.7. The molecule has 0 unspecified atom stereocenters. The van der Waals surface area contributed by atoms with Gasteiger partial charge in [-0.2, -0.15) is 0 Å². The van der Waals surface area contributed by atoms with E-state index in [0.29, 0.717) is 12.4 Å². The molecule has 1 aliphatic rings. The maximum atomic E-state index is 10.8. The predicted octanol–water partition coefficient (Wildman–Crippen LogP) is 2.99. The van der Waals surface area contributed by atoms with E-state index in [0.717, 1.165) is 0 Å². The Balaban J connectivity index is 3.07. The Bertz CT molecular complexity index is 280. The monoisotopic (exact) mass is 276 g/mol. The van der Waals surface area contributed by atoms with E-state index in [2.05, 4.69) is 0 Å². The van der Waals surface area contributed by atoms with Crippen LogP contribution in [0.4, 0.5) is 0 Å². The van der Waals surface area contributed by atoms with E-state index in [4.69, 9.17) is 44.7 Å². The van der Waals surface area contributed by atoms with Crippen LogP contribution in [0.2, 0.25) is 0 Å². The molecule has 0 atom stereocenters. The summed E-state index contributed by atoms with van der Waals surface area (Å²) in [7, 11) is 0. The van der Waals surface area contributed by atoms with E-state index in [1.165, 1.54) is 11.8 Å². The van der Waals surface area contributed by atoms with Gasteiger partial charge in [0, 0.05) is 5.75 Å². The van der Waals surface area contributed by atoms with Gasteiger partial charge in [0.2, 0.25) is 0 Å². The first-order valence-corrected chi connectivity index (χ1v) is 5.53. The molecule has 0 aromatic heterocycles. The molecule has 0 amide bonds. The lowest BCUT2D eigenvalue weighted by Gasteiger charge is -2.25. The van der Waals surface area contributed by atoms with Gasteiger partial charge in [0.1, 0.15) is 10.2 Å². The van der Waals surface area contributed by atoms with Gasteiger partial charge in [-0.05, 0) is 0 Å². The van der Waals surface area contributed by atoms with Crippen molar-refractivity contribution in [1.29, 1.82) is 0 Å². The van der Waals surface area contributed by atoms with Gasteiger partial charge in [-0.1, -0.05) is 46.6 Å². The summed E-state index contributed by atoms with van der Waals surface area (Å²) < 4.78 is 4.75. The molecular weight excluding hydrogens is 272 g/mol. The molecular formula is C6H5Cl3NO3S-. The fraction of sp³-hybridized carbons (Fsp3) is 0.333. The van der Waals surface area contributed by atoms with Crippen LogP contribution in [0, 0.1) is 5.21 Å². The van der Waals surface area contributed by atoms with E-state index in [1.807, 2.05) is 0 Å². The zero-order valence-corrected chi connectivity index (χ0v) is 9.75. The van der Waals surface area contributed by atoms with Crippen LogP contribution in [0.25, 0.3) is 0 Å². The van der Waals surface area contributed by atoms with Crippen molar-refractivity contribution >= 4 is 46.6 Å². The van der Waals surface area contributed by atoms with E-state index < -0.39 is 5.23 Å². The fourth-order valence-corrected chi connectivity index (χ4v) is 2.02. The minimum atomic E-state index is -0.416. The Labute approximate surface area is 99.6 Å². The molecule has 0 aromatic carbocycles. The number of ether oxygens (including phenoxy) is 1. The van der Waals surface area contributed by atoms with Crippen molar-refractivity contribution in [3.63, 3.8) is 0 Å². The topological polar surface area (TPSA) is 55.8 Å². The van der Waals surface area contributed by atoms with Crippen molar-refractivity contribution in [2.45, 2.75) is 0 Å². The molecule has 1 rings (SSSR count). The quantitative estimate of drug-likeness (QED) is 0.786. The Morgan fingerprint density at radius 3 is 2.50 bits per heavy atom. The molecule has 0 aliphatic carbocycles. The van der Waals surface area contributed by atoms with Gasteiger partial charge in [0.15, 0.2) is 5.09 Å². The lowest BCUT2D eigenvalue weighted by atomic mass is 10.5. The van der Waals surface area contributed by atoms with Crippen molar-refractivity contribution in [2.24, 2.45) is 0 Å². The molecule has 0 bridgehead atoms. The van der Waals surface area contributed by atoms with Gasteiger partial charge in [0.25, 0.3) is 0 Å². The van der Waals surface area contributed by atoms with Crippen molar-refractivity contribution in [3.05, 3.63) is 25.5 Å². The molecule has 1 fully saturated rings. The number of halogens is 3. The van der Waals surface area contributed by atoms with Crippen LogP contribution in [-0.4, -0.2) is 22.8 Å². The number of nitrogens with zero attached hydrogens (tertiary/aromatic N) is 1. The summed E-state index contributed by atoms with van der Waals surface area (Å²) in [6.45, 7) is 0.446. The molecule has 4 nitrogen and oxygen atoms in total. The largest absolute Gasteiger partial charge is 0.733 e. The smallest absolute Gasteiger partial charge is 0.179 e. The Hall–Kier alpha value is 0.220. The third-order valence-corrected chi connectivity index (χ3v) is 3.19. The second kappa shape index (κ2) is 5.34. The first-order chi connectivity index (χ1) is 6.54. The second-order valence-electron chi connectivity index (χ2n) is 2.18. The molecule has 1 heterocycles. The van der Waals surface area contributed by atoms with E-state index in [1.54, 1.807) is 0 Å². The van der Waals surface area contributed by atoms with E-state index in [9.17, 15) is 5.21 Å². The van der Waals surface area contributed by atoms with Crippen LogP contribution >= 0.6 is 46.6 Å². The Morgan fingerprint density at radius 2 is 2.14 bits per heavy atom. The summed E-state index contributed by atoms with van der Waals surface area (Å²) in [6, 6.07) is 0. The minimum absolute atomic E-state index is 0.214. The first kappa shape index (κ1) is 12.3. The standard InChI is InChI=1S/C6H5Cl3NO3S/c7-3(5(8)9)4(10(11)12)6-13-1-2-14-6/h11H,1-2H2/q-1/b6-4+. The maximum absolute atomic E-state index is 10.8. The summed E-state index contributed by atoms with van der Waals surface area (Å²) in [4.78, 5) is 0. The minimum Gasteiger partial charge on any atom is -0.733 e. The van der Waals surface area contributed by atoms with Gasteiger partial charge < -0.3 is 15.2 Å². The summed E-state index contributed by atoms with van der Waals surface area (Å²) in [5.74, 6) is 0.677. The van der Waals surface area contributed by atoms with Crippen LogP contribution in [0.1, 0.15) is 0 Å². The highest BCUT2D eigenvalue weighted by Gasteiger charge is 2.20. The van der Waals surface area contributed by atoms with Crippen molar-refractivity contribution in [3.8, 4) is 0 Å². The van der Waals surface area contributed by atoms with E-state index in [-0.39, 0.29) is 20.3 Å². The van der Waals surface area contributed by atoms with Gasteiger partial charge in [0.05, 0.1) is 11.6 Å². The maximum Gasteiger partial charge on any atom is 0.179 e. The number of rotatable bonds is 2. The van der Waals surface area contributed by atoms with Crippen LogP contribution < -0.4 is 0 Å². The van der Waals surface area contributed by atoms with Crippen LogP contribution in [0.5, 0.6) is 0 Å². The summed E-state index contributed by atoms with van der Waals surface area (Å²) in [5.41, 5.74) is -0.269. The lowest BCUT2D eigenvalue weighted by Crippen LogP contribution is -2.12. The molecule has 0 aromatic rings. The van der Waals surface area contributed by atoms with Gasteiger partial charge in [-0.15, -0.1) is 0 Å². The molecule has 0 spiro atoms. The number of hydrogen-bond acceptors (Lipinski definition) is 5. The molecule has 8 heteroatoms. The Morgan fingerprint density at radius 1 is 1.50 bits per heavy atom. The van der Waals surface area contributed by atoms with Crippen molar-refractivity contribution < 1.29 is 9.94 Å². The highest BCUT2D eigenvalue weighted by molar-refractivity contribution is 8.03. The third kappa shape index (κ3) is 2.85. The number of allylic oxidation sites excluding steroid dienone is 1. The zero-order valence-electron chi connectivity index (χ0n) is 6.67. The lowest BCUT2D eigenvalue weighted by molar-refractivity contribution is -0.00373. The normalized spacial score (nSPS) is 18.9. The van der Waals surface area contributed by atoms with Crippen LogP contribution in [-0.2, 0) is 4.74 Å². The number of thioether (sulfide) groups is 1. The number of hydrogen-bond donors (Lipinski definition) is 1. The summed E-state index contributed by atoms with van der Waals surface area (Å²) in [6.07, 6.45) is 0. The number of hydroxylamine groups is 2. The highest BCUT2D eigenvalue weighted by atomic mass is 35.5. The molecule has 1 aliphatic heterocycles. The molecule has 1 saturated heterocycles. The van der Waals surface area contributed by atoms with Crippen molar-refractivity contribution in [2.75, 3.05) is 12.4 Å². The summed E-state index contributed by atoms with van der Waals surface area (Å²) in [5, 5.41) is 19.1. The predicted molar refractivity (Wildman–Crippen MR) is 57.0 cm³/mol. The van der Waals surface area contributed by atoms with Gasteiger partial charge in [-0.25, -0.2) is 0 Å². The SMILES string of the molecule is [O-]N(O)/C(C(Cl)=C(Cl)Cl)=C1\OCCS1. The average molecular weight is 278 g/mol. The molecule has 0 radical (unpaired) electrons. The molecule has 1 N–H and O–H groups in total. The second-order valence-corrected chi connectivity index (χ2v) is 4.58. The van der Waals surface area contributed by atoms with Crippen LogP contribution in [0.3, 0.4) is 0 Å². The average Bonchev–Trinajstić information content (AvgIpc) is 2.56. The third-order valence-electron chi connectivity index (χ3n) is 1.31. The fourth-order valence-electron chi connectivity index (χ4n) is 0.788. The first-order valence-electron chi connectivity index (χ1n) is 3.41. The van der Waals surface area contributed by atoms with Gasteiger partial charge >= 0.3 is 0 Å². The Kier molecular flexibility index (Phi) is 4.69. The van der Waals surface area contributed by atoms with Crippen LogP contribution in [0.15, 0.2) is 20.3 Å². The van der Waals surface area contributed by atoms with E-state index >= 15 is 0 Å². The van der Waals surface area contributed by atoms with Gasteiger partial charge in [-0.3, -0.25) is 5.21 Å². The summed E-state index contributed by atoms with van der Waals surface area (Å²) >= 11 is 17.6. The molecule has 14 heavy (non-hydrogen) atoms.